The molecule has 5 nitrogen and oxygen atoms in total. The van der Waals surface area contributed by atoms with Gasteiger partial charge in [0.15, 0.2) is 0 Å². The first-order valence-electron chi connectivity index (χ1n) is 5.24. The Kier molecular flexibility index (Phi) is 4.55. The lowest BCUT2D eigenvalue weighted by Crippen LogP contribution is -2.41. The van der Waals surface area contributed by atoms with Crippen molar-refractivity contribution in [2.24, 2.45) is 5.92 Å². The van der Waals surface area contributed by atoms with Crippen LogP contribution in [0.5, 0.6) is 0 Å². The van der Waals surface area contributed by atoms with Crippen molar-refractivity contribution in [2.75, 3.05) is 26.2 Å². The summed E-state index contributed by atoms with van der Waals surface area (Å²) in [6, 6.07) is 0. The third-order valence-corrected chi connectivity index (χ3v) is 2.51. The Hall–Kier alpha value is -1.10. The molecule has 0 aliphatic carbocycles. The molecule has 15 heavy (non-hydrogen) atoms. The number of carboxylic acids is 1. The van der Waals surface area contributed by atoms with Crippen LogP contribution in [-0.4, -0.2) is 48.2 Å². The van der Waals surface area contributed by atoms with Crippen LogP contribution in [0.1, 0.15) is 19.8 Å². The number of esters is 1. The second-order valence-corrected chi connectivity index (χ2v) is 3.72. The summed E-state index contributed by atoms with van der Waals surface area (Å²) in [5.74, 6) is -1.39. The zero-order chi connectivity index (χ0) is 11.3. The van der Waals surface area contributed by atoms with Crippen molar-refractivity contribution < 1.29 is 19.4 Å². The number of carboxylic acid groups (broad SMARTS) is 1. The van der Waals surface area contributed by atoms with Crippen LogP contribution in [0.4, 0.5) is 0 Å². The number of carbonyl (C=O) groups excluding carboxylic acids is 1. The van der Waals surface area contributed by atoms with Crippen molar-refractivity contribution in [3.63, 3.8) is 0 Å². The zero-order valence-electron chi connectivity index (χ0n) is 8.94. The topological polar surface area (TPSA) is 66.8 Å². The van der Waals surface area contributed by atoms with Crippen LogP contribution >= 0.6 is 0 Å². The van der Waals surface area contributed by atoms with E-state index in [0.717, 1.165) is 13.0 Å². The third-order valence-electron chi connectivity index (χ3n) is 2.51. The minimum absolute atomic E-state index is 0.206. The molecule has 5 heteroatoms. The number of likely N-dealkylation sites (tertiary alicyclic amines) is 1. The number of hydrogen-bond acceptors (Lipinski definition) is 4. The second kappa shape index (κ2) is 5.70. The molecule has 0 aromatic carbocycles. The molecule has 0 bridgehead atoms. The van der Waals surface area contributed by atoms with E-state index in [9.17, 15) is 9.59 Å². The lowest BCUT2D eigenvalue weighted by atomic mass is 9.98. The van der Waals surface area contributed by atoms with Crippen LogP contribution in [-0.2, 0) is 14.3 Å². The predicted octanol–water partition coefficient (Wildman–Crippen LogP) is 0.346. The van der Waals surface area contributed by atoms with E-state index in [1.807, 2.05) is 4.90 Å². The SMILES string of the molecule is CCOC(=O)CN1CCCC(C(=O)O)C1. The number of aliphatic carboxylic acids is 1. The number of piperidine rings is 1. The van der Waals surface area contributed by atoms with Gasteiger partial charge in [-0.15, -0.1) is 0 Å². The Morgan fingerprint density at radius 2 is 2.27 bits per heavy atom. The first-order chi connectivity index (χ1) is 7.13. The van der Waals surface area contributed by atoms with Gasteiger partial charge in [0, 0.05) is 6.54 Å². The number of nitrogens with zero attached hydrogens (tertiary/aromatic N) is 1. The summed E-state index contributed by atoms with van der Waals surface area (Å²) >= 11 is 0. The maximum atomic E-state index is 11.2. The number of ether oxygens (including phenoxy) is 1. The summed E-state index contributed by atoms with van der Waals surface area (Å²) in [7, 11) is 0. The molecule has 86 valence electrons. The Labute approximate surface area is 89.0 Å². The molecule has 0 saturated carbocycles. The maximum Gasteiger partial charge on any atom is 0.320 e. The van der Waals surface area contributed by atoms with E-state index in [4.69, 9.17) is 9.84 Å². The lowest BCUT2D eigenvalue weighted by molar-refractivity contribution is -0.148. The van der Waals surface area contributed by atoms with Crippen LogP contribution in [0.2, 0.25) is 0 Å². The van der Waals surface area contributed by atoms with Crippen molar-refractivity contribution in [3.8, 4) is 0 Å². The monoisotopic (exact) mass is 215 g/mol. The van der Waals surface area contributed by atoms with Crippen molar-refractivity contribution in [2.45, 2.75) is 19.8 Å². The summed E-state index contributed by atoms with van der Waals surface area (Å²) in [6.07, 6.45) is 1.53. The molecular formula is C10H17NO4. The average Bonchev–Trinajstić information content (AvgIpc) is 2.18. The van der Waals surface area contributed by atoms with Gasteiger partial charge >= 0.3 is 11.9 Å². The van der Waals surface area contributed by atoms with Gasteiger partial charge in [0.2, 0.25) is 0 Å². The summed E-state index contributed by atoms with van der Waals surface area (Å²) < 4.78 is 4.81. The first kappa shape index (κ1) is 12.0. The molecule has 1 atom stereocenters. The Morgan fingerprint density at radius 3 is 2.87 bits per heavy atom. The molecular weight excluding hydrogens is 198 g/mol. The highest BCUT2D eigenvalue weighted by Crippen LogP contribution is 2.16. The van der Waals surface area contributed by atoms with Crippen LogP contribution in [0.15, 0.2) is 0 Å². The highest BCUT2D eigenvalue weighted by Gasteiger charge is 2.26. The van der Waals surface area contributed by atoms with Crippen LogP contribution in [0, 0.1) is 5.92 Å². The van der Waals surface area contributed by atoms with Gasteiger partial charge in [0.25, 0.3) is 0 Å². The fourth-order valence-electron chi connectivity index (χ4n) is 1.79. The molecule has 0 aromatic rings. The summed E-state index contributed by atoms with van der Waals surface area (Å²) in [5.41, 5.74) is 0. The molecule has 0 amide bonds. The largest absolute Gasteiger partial charge is 0.481 e. The number of rotatable bonds is 4. The van der Waals surface area contributed by atoms with E-state index < -0.39 is 5.97 Å². The number of carbonyl (C=O) groups is 2. The molecule has 0 radical (unpaired) electrons. The quantitative estimate of drug-likeness (QED) is 0.685. The van der Waals surface area contributed by atoms with Crippen LogP contribution in [0.25, 0.3) is 0 Å². The number of hydrogen-bond donors (Lipinski definition) is 1. The van der Waals surface area contributed by atoms with E-state index in [0.29, 0.717) is 19.6 Å². The summed E-state index contributed by atoms with van der Waals surface area (Å²) in [6.45, 7) is 3.57. The van der Waals surface area contributed by atoms with Crippen LogP contribution in [0.3, 0.4) is 0 Å². The Balaban J connectivity index is 2.36. The highest BCUT2D eigenvalue weighted by molar-refractivity contribution is 5.72. The van der Waals surface area contributed by atoms with Crippen LogP contribution < -0.4 is 0 Å². The fourth-order valence-corrected chi connectivity index (χ4v) is 1.79. The van der Waals surface area contributed by atoms with E-state index in [2.05, 4.69) is 0 Å². The fraction of sp³-hybridized carbons (Fsp3) is 0.800. The zero-order valence-corrected chi connectivity index (χ0v) is 8.94. The molecule has 1 aliphatic heterocycles. The molecule has 1 saturated heterocycles. The second-order valence-electron chi connectivity index (χ2n) is 3.72. The van der Waals surface area contributed by atoms with Crippen molar-refractivity contribution in [1.82, 2.24) is 4.90 Å². The molecule has 1 unspecified atom stereocenters. The molecule has 1 aliphatic rings. The van der Waals surface area contributed by atoms with Crippen molar-refractivity contribution in [3.05, 3.63) is 0 Å². The van der Waals surface area contributed by atoms with Gasteiger partial charge in [0.1, 0.15) is 0 Å². The Bertz CT molecular complexity index is 242. The molecule has 0 spiro atoms. The predicted molar refractivity (Wildman–Crippen MR) is 53.4 cm³/mol. The van der Waals surface area contributed by atoms with Gasteiger partial charge in [-0.05, 0) is 26.3 Å². The van der Waals surface area contributed by atoms with E-state index in [-0.39, 0.29) is 18.4 Å². The molecule has 1 N–H and O–H groups in total. The molecule has 1 rings (SSSR count). The maximum absolute atomic E-state index is 11.2. The Morgan fingerprint density at radius 1 is 1.53 bits per heavy atom. The normalized spacial score (nSPS) is 22.3. The summed E-state index contributed by atoms with van der Waals surface area (Å²) in [4.78, 5) is 23.8. The van der Waals surface area contributed by atoms with Gasteiger partial charge in [-0.1, -0.05) is 0 Å². The van der Waals surface area contributed by atoms with E-state index in [1.54, 1.807) is 6.92 Å². The smallest absolute Gasteiger partial charge is 0.320 e. The van der Waals surface area contributed by atoms with Crippen molar-refractivity contribution >= 4 is 11.9 Å². The first-order valence-corrected chi connectivity index (χ1v) is 5.24. The molecule has 1 heterocycles. The molecule has 0 aromatic heterocycles. The lowest BCUT2D eigenvalue weighted by Gasteiger charge is -2.29. The van der Waals surface area contributed by atoms with Gasteiger partial charge in [-0.3, -0.25) is 14.5 Å². The van der Waals surface area contributed by atoms with E-state index in [1.165, 1.54) is 0 Å². The minimum Gasteiger partial charge on any atom is -0.481 e. The molecule has 1 fully saturated rings. The minimum atomic E-state index is -0.774. The van der Waals surface area contributed by atoms with E-state index >= 15 is 0 Å². The summed E-state index contributed by atoms with van der Waals surface area (Å²) in [5, 5.41) is 8.85. The van der Waals surface area contributed by atoms with Gasteiger partial charge < -0.3 is 9.84 Å². The van der Waals surface area contributed by atoms with Gasteiger partial charge in [-0.2, -0.15) is 0 Å². The van der Waals surface area contributed by atoms with Gasteiger partial charge in [0.05, 0.1) is 19.1 Å². The highest BCUT2D eigenvalue weighted by atomic mass is 16.5. The third kappa shape index (κ3) is 3.87. The standard InChI is InChI=1S/C10H17NO4/c1-2-15-9(12)7-11-5-3-4-8(6-11)10(13)14/h8H,2-7H2,1H3,(H,13,14). The average molecular weight is 215 g/mol. The van der Waals surface area contributed by atoms with Gasteiger partial charge in [-0.25, -0.2) is 0 Å². The van der Waals surface area contributed by atoms with Crippen molar-refractivity contribution in [1.29, 1.82) is 0 Å².